The highest BCUT2D eigenvalue weighted by Gasteiger charge is 2.17. The Hall–Kier alpha value is -3.18. The van der Waals surface area contributed by atoms with Gasteiger partial charge in [0.15, 0.2) is 0 Å². The van der Waals surface area contributed by atoms with Gasteiger partial charge in [-0.25, -0.2) is 9.18 Å². The molecule has 0 radical (unpaired) electrons. The molecule has 0 saturated heterocycles. The molecule has 0 aromatic carbocycles. The summed E-state index contributed by atoms with van der Waals surface area (Å²) in [7, 11) is 1.00. The van der Waals surface area contributed by atoms with Gasteiger partial charge in [0.05, 0.1) is 0 Å². The lowest BCUT2D eigenvalue weighted by Gasteiger charge is -2.18. The fourth-order valence-electron chi connectivity index (χ4n) is 2.78. The number of ether oxygens (including phenoxy) is 2. The van der Waals surface area contributed by atoms with Crippen LogP contribution in [0.15, 0.2) is 108 Å². The minimum atomic E-state index is -0.467. The Balaban J connectivity index is 0. The number of halogens is 1. The summed E-state index contributed by atoms with van der Waals surface area (Å²) in [6.07, 6.45) is 10.9. The molecule has 0 aliphatic heterocycles. The van der Waals surface area contributed by atoms with Crippen LogP contribution in [0, 0.1) is 0 Å². The van der Waals surface area contributed by atoms with Gasteiger partial charge in [0.1, 0.15) is 24.8 Å². The van der Waals surface area contributed by atoms with Gasteiger partial charge in [-0.05, 0) is 72.6 Å². The number of carbonyl (C=O) groups is 1. The van der Waals surface area contributed by atoms with Gasteiger partial charge in [0.25, 0.3) is 0 Å². The lowest BCUT2D eigenvalue weighted by atomic mass is 9.89. The smallest absolute Gasteiger partial charge is 0.333 e. The fraction of sp³-hybridized carbons (Fsp3) is 0.406. The van der Waals surface area contributed by atoms with Crippen LogP contribution >= 0.6 is 0 Å². The summed E-state index contributed by atoms with van der Waals surface area (Å²) >= 11 is 0. The Labute approximate surface area is 224 Å². The summed E-state index contributed by atoms with van der Waals surface area (Å²) in [5.41, 5.74) is 4.77. The average Bonchev–Trinajstić information content (AvgIpc) is 2.89. The number of aliphatic hydroxyl groups is 1. The van der Waals surface area contributed by atoms with Crippen LogP contribution in [-0.4, -0.2) is 31.4 Å². The van der Waals surface area contributed by atoms with E-state index in [-0.39, 0.29) is 19.0 Å². The van der Waals surface area contributed by atoms with Crippen molar-refractivity contribution in [3.05, 3.63) is 108 Å². The van der Waals surface area contributed by atoms with Crippen LogP contribution in [0.3, 0.4) is 0 Å². The van der Waals surface area contributed by atoms with Crippen LogP contribution in [0.1, 0.15) is 66.7 Å². The molecule has 0 amide bonds. The van der Waals surface area contributed by atoms with Gasteiger partial charge in [-0.3, -0.25) is 0 Å². The van der Waals surface area contributed by atoms with E-state index in [9.17, 15) is 9.18 Å². The summed E-state index contributed by atoms with van der Waals surface area (Å²) in [6.45, 7) is 29.6. The fourth-order valence-corrected chi connectivity index (χ4v) is 2.78. The third-order valence-electron chi connectivity index (χ3n) is 5.01. The summed E-state index contributed by atoms with van der Waals surface area (Å²) in [6, 6.07) is 0. The first kappa shape index (κ1) is 36.0. The molecule has 0 saturated carbocycles. The minimum Gasteiger partial charge on any atom is -0.490 e. The van der Waals surface area contributed by atoms with Crippen molar-refractivity contribution < 1.29 is 23.8 Å². The first-order chi connectivity index (χ1) is 17.5. The van der Waals surface area contributed by atoms with E-state index in [2.05, 4.69) is 46.7 Å². The molecule has 1 N–H and O–H groups in total. The van der Waals surface area contributed by atoms with Crippen LogP contribution in [0.4, 0.5) is 4.39 Å². The van der Waals surface area contributed by atoms with Gasteiger partial charge >= 0.3 is 5.97 Å². The Kier molecular flexibility index (Phi) is 20.4. The second kappa shape index (κ2) is 21.0. The van der Waals surface area contributed by atoms with E-state index in [1.807, 2.05) is 26.0 Å². The molecule has 206 valence electrons. The van der Waals surface area contributed by atoms with Crippen molar-refractivity contribution in [3.63, 3.8) is 0 Å². The van der Waals surface area contributed by atoms with Crippen LogP contribution in [0.2, 0.25) is 0 Å². The molecule has 0 aromatic heterocycles. The normalized spacial score (nSPS) is 12.9. The quantitative estimate of drug-likeness (QED) is 0.0879. The topological polar surface area (TPSA) is 55.8 Å². The number of aliphatic hydroxyl groups excluding tert-OH is 1. The predicted octanol–water partition coefficient (Wildman–Crippen LogP) is 8.58. The number of esters is 1. The van der Waals surface area contributed by atoms with E-state index in [1.54, 1.807) is 13.0 Å². The first-order valence-corrected chi connectivity index (χ1v) is 12.7. The molecule has 5 heteroatoms. The Morgan fingerprint density at radius 2 is 1.51 bits per heavy atom. The average molecular weight is 515 g/mol. The Bertz CT molecular complexity index is 942. The van der Waals surface area contributed by atoms with Crippen molar-refractivity contribution in [2.24, 2.45) is 0 Å². The highest BCUT2D eigenvalue weighted by molar-refractivity contribution is 5.86. The summed E-state index contributed by atoms with van der Waals surface area (Å²) in [5.74, 6) is -0.289. The lowest BCUT2D eigenvalue weighted by Crippen LogP contribution is -2.11. The predicted molar refractivity (Wildman–Crippen MR) is 156 cm³/mol. The maximum absolute atomic E-state index is 14.9. The van der Waals surface area contributed by atoms with Gasteiger partial charge in [-0.15, -0.1) is 0 Å². The molecule has 0 fully saturated rings. The molecule has 1 aliphatic carbocycles. The molecule has 0 unspecified atom stereocenters. The Morgan fingerprint density at radius 3 is 2.00 bits per heavy atom. The van der Waals surface area contributed by atoms with E-state index in [4.69, 9.17) is 14.6 Å². The van der Waals surface area contributed by atoms with E-state index < -0.39 is 5.97 Å². The van der Waals surface area contributed by atoms with Crippen molar-refractivity contribution in [2.75, 3.05) is 20.3 Å². The molecule has 37 heavy (non-hydrogen) atoms. The summed E-state index contributed by atoms with van der Waals surface area (Å²) in [4.78, 5) is 11.5. The third-order valence-corrected chi connectivity index (χ3v) is 5.01. The SMILES string of the molecule is C=C(/C=C\C(=C)C1=CC(F)=C(C(=C)/C=C(/OCCOC(=O)C(=C)C)C(=C)CC)CC1)CC.CCC.CO. The molecule has 1 aliphatic rings. The van der Waals surface area contributed by atoms with Gasteiger partial charge in [0, 0.05) is 12.7 Å². The largest absolute Gasteiger partial charge is 0.490 e. The van der Waals surface area contributed by atoms with Crippen LogP contribution in [-0.2, 0) is 14.3 Å². The van der Waals surface area contributed by atoms with E-state index in [1.165, 1.54) is 12.5 Å². The molecule has 0 spiro atoms. The van der Waals surface area contributed by atoms with Crippen LogP contribution < -0.4 is 0 Å². The van der Waals surface area contributed by atoms with E-state index in [0.29, 0.717) is 41.7 Å². The second-order valence-corrected chi connectivity index (χ2v) is 8.33. The molecule has 0 aromatic rings. The third kappa shape index (κ3) is 14.8. The van der Waals surface area contributed by atoms with E-state index in [0.717, 1.165) is 35.8 Å². The van der Waals surface area contributed by atoms with Crippen molar-refractivity contribution in [3.8, 4) is 0 Å². The van der Waals surface area contributed by atoms with Crippen molar-refractivity contribution in [1.82, 2.24) is 0 Å². The van der Waals surface area contributed by atoms with Gasteiger partial charge in [-0.2, -0.15) is 0 Å². The summed E-state index contributed by atoms with van der Waals surface area (Å²) < 4.78 is 25.7. The van der Waals surface area contributed by atoms with Crippen molar-refractivity contribution in [2.45, 2.75) is 66.7 Å². The van der Waals surface area contributed by atoms with Crippen molar-refractivity contribution in [1.29, 1.82) is 0 Å². The highest BCUT2D eigenvalue weighted by atomic mass is 19.1. The zero-order valence-electron chi connectivity index (χ0n) is 23.8. The van der Waals surface area contributed by atoms with Crippen molar-refractivity contribution >= 4 is 5.97 Å². The molecular formula is C32H47FO4. The number of carbonyl (C=O) groups excluding carboxylic acids is 1. The zero-order valence-corrected chi connectivity index (χ0v) is 23.8. The molecule has 0 atom stereocenters. The molecule has 4 nitrogen and oxygen atoms in total. The van der Waals surface area contributed by atoms with Gasteiger partial charge in [-0.1, -0.05) is 84.7 Å². The minimum absolute atomic E-state index is 0.0791. The number of hydrogen-bond acceptors (Lipinski definition) is 4. The maximum atomic E-state index is 14.9. The number of rotatable bonds is 13. The zero-order chi connectivity index (χ0) is 29.0. The number of hydrogen-bond donors (Lipinski definition) is 1. The van der Waals surface area contributed by atoms with Crippen LogP contribution in [0.25, 0.3) is 0 Å². The molecule has 0 bridgehead atoms. The van der Waals surface area contributed by atoms with Crippen LogP contribution in [0.5, 0.6) is 0 Å². The lowest BCUT2D eigenvalue weighted by molar-refractivity contribution is -0.140. The molecule has 0 heterocycles. The number of allylic oxidation sites excluding steroid dienone is 11. The first-order valence-electron chi connectivity index (χ1n) is 12.7. The highest BCUT2D eigenvalue weighted by Crippen LogP contribution is 2.33. The molecule has 1 rings (SSSR count). The van der Waals surface area contributed by atoms with Gasteiger partial charge in [0.2, 0.25) is 0 Å². The summed E-state index contributed by atoms with van der Waals surface area (Å²) in [5, 5.41) is 7.00. The standard InChI is InChI=1S/C28H35FO3.C3H8.CH4O/c1-9-20(5)11-12-22(7)24-13-14-25(26(29)18-24)23(8)17-27(21(6)10-2)31-15-16-32-28(30)19(3)4;1-3-2;1-2/h11-12,17-18H,3,5-10,13-16H2,1-2,4H3;3H2,1-2H3;2H,1H3/b12-11-,27-17+;;. The monoisotopic (exact) mass is 514 g/mol. The second-order valence-electron chi connectivity index (χ2n) is 8.33. The maximum Gasteiger partial charge on any atom is 0.333 e. The Morgan fingerprint density at radius 1 is 0.946 bits per heavy atom. The van der Waals surface area contributed by atoms with Gasteiger partial charge < -0.3 is 14.6 Å². The molecular weight excluding hydrogens is 467 g/mol. The van der Waals surface area contributed by atoms with E-state index >= 15 is 0 Å².